The van der Waals surface area contributed by atoms with E-state index in [0.717, 1.165) is 0 Å². The Balaban J connectivity index is 1.88. The van der Waals surface area contributed by atoms with Crippen LogP contribution in [0.15, 0.2) is 59.7 Å². The number of hydrogen-bond donors (Lipinski definition) is 2. The second-order valence-electron chi connectivity index (χ2n) is 4.07. The number of carbonyl (C=O) groups is 2. The SMILES string of the molecule is O=C(N/N=C/c1cccc(Cl)c1)C(=O)Nc1ccccc1. The highest BCUT2D eigenvalue weighted by atomic mass is 35.5. The van der Waals surface area contributed by atoms with Crippen LogP contribution in [0, 0.1) is 0 Å². The molecule has 2 aromatic carbocycles. The van der Waals surface area contributed by atoms with Crippen LogP contribution in [0.3, 0.4) is 0 Å². The molecule has 0 atom stereocenters. The van der Waals surface area contributed by atoms with Crippen LogP contribution in [0.2, 0.25) is 5.02 Å². The molecule has 0 aliphatic rings. The summed E-state index contributed by atoms with van der Waals surface area (Å²) in [5, 5.41) is 6.72. The van der Waals surface area contributed by atoms with E-state index in [1.54, 1.807) is 48.5 Å². The van der Waals surface area contributed by atoms with Gasteiger partial charge in [0, 0.05) is 10.7 Å². The quantitative estimate of drug-likeness (QED) is 0.519. The summed E-state index contributed by atoms with van der Waals surface area (Å²) in [6.45, 7) is 0. The zero-order valence-corrected chi connectivity index (χ0v) is 11.7. The molecule has 2 rings (SSSR count). The predicted molar refractivity (Wildman–Crippen MR) is 82.3 cm³/mol. The summed E-state index contributed by atoms with van der Waals surface area (Å²) in [5.41, 5.74) is 3.40. The predicted octanol–water partition coefficient (Wildman–Crippen LogP) is 2.43. The van der Waals surface area contributed by atoms with Crippen molar-refractivity contribution in [2.45, 2.75) is 0 Å². The van der Waals surface area contributed by atoms with Gasteiger partial charge in [0.1, 0.15) is 0 Å². The highest BCUT2D eigenvalue weighted by Gasteiger charge is 2.12. The third-order valence-corrected chi connectivity index (χ3v) is 2.70. The van der Waals surface area contributed by atoms with Crippen LogP contribution in [0.1, 0.15) is 5.56 Å². The molecule has 2 aromatic rings. The lowest BCUT2D eigenvalue weighted by atomic mass is 10.2. The van der Waals surface area contributed by atoms with E-state index in [-0.39, 0.29) is 0 Å². The van der Waals surface area contributed by atoms with Crippen LogP contribution >= 0.6 is 11.6 Å². The smallest absolute Gasteiger partial charge is 0.318 e. The molecule has 0 aromatic heterocycles. The second kappa shape index (κ2) is 7.21. The molecule has 0 aliphatic heterocycles. The standard InChI is InChI=1S/C15H12ClN3O2/c16-12-6-4-5-11(9-12)10-17-19-15(21)14(20)18-13-7-2-1-3-8-13/h1-10H,(H,18,20)(H,19,21)/b17-10+. The average molecular weight is 302 g/mol. The highest BCUT2D eigenvalue weighted by molar-refractivity contribution is 6.39. The first-order valence-electron chi connectivity index (χ1n) is 6.10. The fraction of sp³-hybridized carbons (Fsp3) is 0. The minimum Gasteiger partial charge on any atom is -0.318 e. The highest BCUT2D eigenvalue weighted by Crippen LogP contribution is 2.08. The zero-order valence-electron chi connectivity index (χ0n) is 10.9. The molecule has 5 nitrogen and oxygen atoms in total. The summed E-state index contributed by atoms with van der Waals surface area (Å²) < 4.78 is 0. The lowest BCUT2D eigenvalue weighted by molar-refractivity contribution is -0.136. The Morgan fingerprint density at radius 1 is 1.00 bits per heavy atom. The van der Waals surface area contributed by atoms with Gasteiger partial charge in [0.2, 0.25) is 0 Å². The maximum Gasteiger partial charge on any atom is 0.329 e. The van der Waals surface area contributed by atoms with Crippen molar-refractivity contribution in [2.24, 2.45) is 5.10 Å². The van der Waals surface area contributed by atoms with Crippen molar-refractivity contribution in [1.29, 1.82) is 0 Å². The van der Waals surface area contributed by atoms with Gasteiger partial charge in [-0.3, -0.25) is 9.59 Å². The van der Waals surface area contributed by atoms with Gasteiger partial charge in [0.05, 0.1) is 6.21 Å². The Labute approximate surface area is 126 Å². The molecule has 0 unspecified atom stereocenters. The molecular weight excluding hydrogens is 290 g/mol. The maximum atomic E-state index is 11.6. The van der Waals surface area contributed by atoms with Crippen molar-refractivity contribution >= 4 is 35.3 Å². The number of rotatable bonds is 3. The van der Waals surface area contributed by atoms with Gasteiger partial charge >= 0.3 is 11.8 Å². The van der Waals surface area contributed by atoms with Gasteiger partial charge < -0.3 is 5.32 Å². The number of hydrazone groups is 1. The van der Waals surface area contributed by atoms with Gasteiger partial charge in [-0.05, 0) is 29.8 Å². The fourth-order valence-corrected chi connectivity index (χ4v) is 1.71. The molecule has 6 heteroatoms. The lowest BCUT2D eigenvalue weighted by Gasteiger charge is -2.03. The summed E-state index contributed by atoms with van der Waals surface area (Å²) in [6.07, 6.45) is 1.40. The van der Waals surface area contributed by atoms with E-state index in [1.807, 2.05) is 6.07 Å². The van der Waals surface area contributed by atoms with E-state index in [0.29, 0.717) is 16.3 Å². The molecule has 0 saturated carbocycles. The number of halogens is 1. The maximum absolute atomic E-state index is 11.6. The summed E-state index contributed by atoms with van der Waals surface area (Å²) in [5.74, 6) is -1.64. The molecule has 106 valence electrons. The first-order chi connectivity index (χ1) is 10.1. The van der Waals surface area contributed by atoms with Crippen LogP contribution in [-0.2, 0) is 9.59 Å². The average Bonchev–Trinajstić information content (AvgIpc) is 2.48. The minimum atomic E-state index is -0.850. The van der Waals surface area contributed by atoms with Gasteiger partial charge in [-0.15, -0.1) is 0 Å². The Morgan fingerprint density at radius 2 is 1.76 bits per heavy atom. The van der Waals surface area contributed by atoms with E-state index in [9.17, 15) is 9.59 Å². The Hall–Kier alpha value is -2.66. The monoisotopic (exact) mass is 301 g/mol. The number of carbonyl (C=O) groups excluding carboxylic acids is 2. The number of para-hydroxylation sites is 1. The number of anilines is 1. The summed E-state index contributed by atoms with van der Waals surface area (Å²) in [7, 11) is 0. The number of benzene rings is 2. The van der Waals surface area contributed by atoms with E-state index >= 15 is 0 Å². The van der Waals surface area contributed by atoms with E-state index in [2.05, 4.69) is 15.8 Å². The van der Waals surface area contributed by atoms with Crippen molar-refractivity contribution < 1.29 is 9.59 Å². The summed E-state index contributed by atoms with van der Waals surface area (Å²) in [6, 6.07) is 15.6. The van der Waals surface area contributed by atoms with Gasteiger partial charge in [-0.25, -0.2) is 5.43 Å². The van der Waals surface area contributed by atoms with Crippen LogP contribution in [0.5, 0.6) is 0 Å². The molecule has 0 radical (unpaired) electrons. The topological polar surface area (TPSA) is 70.6 Å². The number of hydrogen-bond acceptors (Lipinski definition) is 3. The molecule has 2 N–H and O–H groups in total. The zero-order chi connectivity index (χ0) is 15.1. The van der Waals surface area contributed by atoms with Gasteiger partial charge in [0.15, 0.2) is 0 Å². The molecule has 0 fully saturated rings. The molecular formula is C15H12ClN3O2. The van der Waals surface area contributed by atoms with Crippen molar-refractivity contribution in [2.75, 3.05) is 5.32 Å². The van der Waals surface area contributed by atoms with Crippen molar-refractivity contribution in [3.8, 4) is 0 Å². The van der Waals surface area contributed by atoms with Crippen LogP contribution < -0.4 is 10.7 Å². The molecule has 0 heterocycles. The van der Waals surface area contributed by atoms with Crippen molar-refractivity contribution in [1.82, 2.24) is 5.43 Å². The van der Waals surface area contributed by atoms with Gasteiger partial charge in [-0.1, -0.05) is 41.9 Å². The molecule has 0 saturated heterocycles. The lowest BCUT2D eigenvalue weighted by Crippen LogP contribution is -2.32. The van der Waals surface area contributed by atoms with Gasteiger partial charge in [0.25, 0.3) is 0 Å². The van der Waals surface area contributed by atoms with Gasteiger partial charge in [-0.2, -0.15) is 5.10 Å². The number of nitrogens with one attached hydrogen (secondary N) is 2. The van der Waals surface area contributed by atoms with Crippen molar-refractivity contribution in [3.05, 3.63) is 65.2 Å². The normalized spacial score (nSPS) is 10.3. The summed E-state index contributed by atoms with van der Waals surface area (Å²) >= 11 is 5.81. The second-order valence-corrected chi connectivity index (χ2v) is 4.51. The molecule has 2 amide bonds. The fourth-order valence-electron chi connectivity index (χ4n) is 1.51. The van der Waals surface area contributed by atoms with Crippen LogP contribution in [0.4, 0.5) is 5.69 Å². The number of nitrogens with zero attached hydrogens (tertiary/aromatic N) is 1. The van der Waals surface area contributed by atoms with Crippen LogP contribution in [-0.4, -0.2) is 18.0 Å². The van der Waals surface area contributed by atoms with E-state index in [4.69, 9.17) is 11.6 Å². The number of amides is 2. The van der Waals surface area contributed by atoms with Crippen LogP contribution in [0.25, 0.3) is 0 Å². The molecule has 21 heavy (non-hydrogen) atoms. The minimum absolute atomic E-state index is 0.538. The van der Waals surface area contributed by atoms with Crippen molar-refractivity contribution in [3.63, 3.8) is 0 Å². The molecule has 0 bridgehead atoms. The Bertz CT molecular complexity index is 672. The Kier molecular flexibility index (Phi) is 5.06. The Morgan fingerprint density at radius 3 is 2.48 bits per heavy atom. The van der Waals surface area contributed by atoms with E-state index < -0.39 is 11.8 Å². The molecule has 0 spiro atoms. The summed E-state index contributed by atoms with van der Waals surface area (Å²) in [4.78, 5) is 23.1. The van der Waals surface area contributed by atoms with E-state index in [1.165, 1.54) is 6.21 Å². The third-order valence-electron chi connectivity index (χ3n) is 2.47. The largest absolute Gasteiger partial charge is 0.329 e. The first-order valence-corrected chi connectivity index (χ1v) is 6.48. The third kappa shape index (κ3) is 4.74. The molecule has 0 aliphatic carbocycles. The first kappa shape index (κ1) is 14.7.